The number of nitrogens with one attached hydrogen (secondary N) is 1. The maximum absolute atomic E-state index is 11.2. The molecule has 2 rings (SSSR count). The Kier molecular flexibility index (Phi) is 2.90. The minimum absolute atomic E-state index is 0.155. The number of methoxy groups -OCH3 is 1. The Morgan fingerprint density at radius 3 is 2.67 bits per heavy atom. The van der Waals surface area contributed by atoms with Gasteiger partial charge in [-0.2, -0.15) is 0 Å². The van der Waals surface area contributed by atoms with Crippen LogP contribution in [0.5, 0.6) is 5.75 Å². The zero-order valence-corrected chi connectivity index (χ0v) is 8.82. The van der Waals surface area contributed by atoms with Crippen LogP contribution in [-0.2, 0) is 4.79 Å². The number of amides is 1. The van der Waals surface area contributed by atoms with Crippen LogP contribution >= 0.6 is 0 Å². The molecule has 0 bridgehead atoms. The van der Waals surface area contributed by atoms with E-state index in [-0.39, 0.29) is 11.9 Å². The van der Waals surface area contributed by atoms with Gasteiger partial charge in [-0.05, 0) is 30.5 Å². The SMILES string of the molecule is COc1ccc(C2CCCC(=O)N2)cc1. The lowest BCUT2D eigenvalue weighted by Gasteiger charge is -2.23. The first-order valence-corrected chi connectivity index (χ1v) is 5.23. The summed E-state index contributed by atoms with van der Waals surface area (Å²) in [6.07, 6.45) is 2.66. The molecule has 0 aromatic heterocycles. The third-order valence-electron chi connectivity index (χ3n) is 2.75. The zero-order valence-electron chi connectivity index (χ0n) is 8.82. The highest BCUT2D eigenvalue weighted by molar-refractivity contribution is 5.77. The van der Waals surface area contributed by atoms with Gasteiger partial charge < -0.3 is 10.1 Å². The normalized spacial score (nSPS) is 20.9. The van der Waals surface area contributed by atoms with Gasteiger partial charge in [-0.25, -0.2) is 0 Å². The molecular weight excluding hydrogens is 190 g/mol. The van der Waals surface area contributed by atoms with Gasteiger partial charge in [-0.1, -0.05) is 12.1 Å². The lowest BCUT2D eigenvalue weighted by Crippen LogP contribution is -2.32. The third-order valence-corrected chi connectivity index (χ3v) is 2.75. The smallest absolute Gasteiger partial charge is 0.220 e. The molecular formula is C12H15NO2. The van der Waals surface area contributed by atoms with Crippen LogP contribution in [0.25, 0.3) is 0 Å². The molecule has 0 radical (unpaired) electrons. The van der Waals surface area contributed by atoms with Crippen molar-refractivity contribution in [1.29, 1.82) is 0 Å². The fourth-order valence-corrected chi connectivity index (χ4v) is 1.89. The molecule has 3 heteroatoms. The Morgan fingerprint density at radius 1 is 1.33 bits per heavy atom. The summed E-state index contributed by atoms with van der Waals surface area (Å²) in [5.41, 5.74) is 1.16. The standard InChI is InChI=1S/C12H15NO2/c1-15-10-7-5-9(6-8-10)11-3-2-4-12(14)13-11/h5-8,11H,2-4H2,1H3,(H,13,14). The average Bonchev–Trinajstić information content (AvgIpc) is 2.29. The highest BCUT2D eigenvalue weighted by Crippen LogP contribution is 2.24. The summed E-state index contributed by atoms with van der Waals surface area (Å²) in [4.78, 5) is 11.2. The zero-order chi connectivity index (χ0) is 10.7. The van der Waals surface area contributed by atoms with Crippen molar-refractivity contribution in [3.8, 4) is 5.75 Å². The maximum atomic E-state index is 11.2. The Labute approximate surface area is 89.4 Å². The van der Waals surface area contributed by atoms with E-state index in [9.17, 15) is 4.79 Å². The van der Waals surface area contributed by atoms with E-state index in [1.165, 1.54) is 0 Å². The number of carbonyl (C=O) groups excluding carboxylic acids is 1. The Morgan fingerprint density at radius 2 is 2.07 bits per heavy atom. The van der Waals surface area contributed by atoms with Gasteiger partial charge >= 0.3 is 0 Å². The van der Waals surface area contributed by atoms with Gasteiger partial charge in [0.05, 0.1) is 13.2 Å². The van der Waals surface area contributed by atoms with Crippen molar-refractivity contribution in [2.24, 2.45) is 0 Å². The van der Waals surface area contributed by atoms with Crippen LogP contribution in [0.4, 0.5) is 0 Å². The molecule has 1 aromatic rings. The number of carbonyl (C=O) groups is 1. The third kappa shape index (κ3) is 2.29. The van der Waals surface area contributed by atoms with Crippen LogP contribution in [0.3, 0.4) is 0 Å². The van der Waals surface area contributed by atoms with Crippen LogP contribution in [0.15, 0.2) is 24.3 Å². The van der Waals surface area contributed by atoms with E-state index in [4.69, 9.17) is 4.74 Å². The molecule has 1 heterocycles. The summed E-state index contributed by atoms with van der Waals surface area (Å²) in [5.74, 6) is 1.00. The van der Waals surface area contributed by atoms with Crippen molar-refractivity contribution in [3.05, 3.63) is 29.8 Å². The first kappa shape index (κ1) is 10.0. The number of benzene rings is 1. The molecule has 0 aliphatic carbocycles. The molecule has 3 nitrogen and oxygen atoms in total. The molecule has 1 fully saturated rings. The molecule has 1 amide bonds. The van der Waals surface area contributed by atoms with Gasteiger partial charge in [0.15, 0.2) is 0 Å². The van der Waals surface area contributed by atoms with Crippen LogP contribution in [0, 0.1) is 0 Å². The first-order chi connectivity index (χ1) is 7.29. The summed E-state index contributed by atoms with van der Waals surface area (Å²) in [5, 5.41) is 2.99. The van der Waals surface area contributed by atoms with Gasteiger partial charge in [0, 0.05) is 6.42 Å². The topological polar surface area (TPSA) is 38.3 Å². The summed E-state index contributed by atoms with van der Waals surface area (Å²) in [6, 6.07) is 8.05. The summed E-state index contributed by atoms with van der Waals surface area (Å²) < 4.78 is 5.09. The van der Waals surface area contributed by atoms with E-state index < -0.39 is 0 Å². The van der Waals surface area contributed by atoms with E-state index in [1.807, 2.05) is 24.3 Å². The fraction of sp³-hybridized carbons (Fsp3) is 0.417. The number of ether oxygens (including phenoxy) is 1. The quantitative estimate of drug-likeness (QED) is 0.802. The number of rotatable bonds is 2. The van der Waals surface area contributed by atoms with Crippen molar-refractivity contribution in [1.82, 2.24) is 5.32 Å². The molecule has 0 spiro atoms. The second kappa shape index (κ2) is 4.34. The molecule has 1 aliphatic rings. The predicted octanol–water partition coefficient (Wildman–Crippen LogP) is 2.04. The van der Waals surface area contributed by atoms with Gasteiger partial charge in [-0.3, -0.25) is 4.79 Å². The van der Waals surface area contributed by atoms with Gasteiger partial charge in [-0.15, -0.1) is 0 Å². The van der Waals surface area contributed by atoms with Crippen molar-refractivity contribution >= 4 is 5.91 Å². The highest BCUT2D eigenvalue weighted by atomic mass is 16.5. The van der Waals surface area contributed by atoms with E-state index in [0.29, 0.717) is 6.42 Å². The Bertz CT molecular complexity index is 345. The van der Waals surface area contributed by atoms with Crippen molar-refractivity contribution in [2.75, 3.05) is 7.11 Å². The van der Waals surface area contributed by atoms with E-state index in [1.54, 1.807) is 7.11 Å². The predicted molar refractivity (Wildman–Crippen MR) is 57.7 cm³/mol. The average molecular weight is 205 g/mol. The summed E-state index contributed by atoms with van der Waals surface area (Å²) in [7, 11) is 1.65. The number of hydrogen-bond donors (Lipinski definition) is 1. The van der Waals surface area contributed by atoms with Crippen molar-refractivity contribution in [3.63, 3.8) is 0 Å². The Balaban J connectivity index is 2.11. The molecule has 15 heavy (non-hydrogen) atoms. The number of piperidine rings is 1. The lowest BCUT2D eigenvalue weighted by atomic mass is 9.97. The highest BCUT2D eigenvalue weighted by Gasteiger charge is 2.19. The first-order valence-electron chi connectivity index (χ1n) is 5.23. The van der Waals surface area contributed by atoms with Crippen LogP contribution in [0.2, 0.25) is 0 Å². The molecule has 1 atom stereocenters. The van der Waals surface area contributed by atoms with E-state index >= 15 is 0 Å². The van der Waals surface area contributed by atoms with E-state index in [2.05, 4.69) is 5.32 Å². The Hall–Kier alpha value is -1.51. The second-order valence-electron chi connectivity index (χ2n) is 3.79. The molecule has 80 valence electrons. The fourth-order valence-electron chi connectivity index (χ4n) is 1.89. The molecule has 1 unspecified atom stereocenters. The number of hydrogen-bond acceptors (Lipinski definition) is 2. The summed E-state index contributed by atoms with van der Waals surface area (Å²) in [6.45, 7) is 0. The largest absolute Gasteiger partial charge is 0.497 e. The summed E-state index contributed by atoms with van der Waals surface area (Å²) >= 11 is 0. The lowest BCUT2D eigenvalue weighted by molar-refractivity contribution is -0.123. The second-order valence-corrected chi connectivity index (χ2v) is 3.79. The van der Waals surface area contributed by atoms with Gasteiger partial charge in [0.1, 0.15) is 5.75 Å². The molecule has 0 saturated carbocycles. The van der Waals surface area contributed by atoms with Crippen molar-refractivity contribution in [2.45, 2.75) is 25.3 Å². The van der Waals surface area contributed by atoms with Crippen molar-refractivity contribution < 1.29 is 9.53 Å². The van der Waals surface area contributed by atoms with Gasteiger partial charge in [0.2, 0.25) is 5.91 Å². The van der Waals surface area contributed by atoms with Gasteiger partial charge in [0.25, 0.3) is 0 Å². The van der Waals surface area contributed by atoms with Crippen LogP contribution in [0.1, 0.15) is 30.9 Å². The minimum atomic E-state index is 0.155. The molecule has 1 saturated heterocycles. The van der Waals surface area contributed by atoms with Crippen LogP contribution < -0.4 is 10.1 Å². The molecule has 1 N–H and O–H groups in total. The monoisotopic (exact) mass is 205 g/mol. The van der Waals surface area contributed by atoms with Crippen LogP contribution in [-0.4, -0.2) is 13.0 Å². The molecule has 1 aromatic carbocycles. The minimum Gasteiger partial charge on any atom is -0.497 e. The van der Waals surface area contributed by atoms with E-state index in [0.717, 1.165) is 24.2 Å². The maximum Gasteiger partial charge on any atom is 0.220 e. The molecule has 1 aliphatic heterocycles.